The molecule has 4 nitrogen and oxygen atoms in total. The predicted molar refractivity (Wildman–Crippen MR) is 102 cm³/mol. The maximum atomic E-state index is 5.64. The Morgan fingerprint density at radius 2 is 1.83 bits per heavy atom. The van der Waals surface area contributed by atoms with Gasteiger partial charge in [0, 0.05) is 19.0 Å². The zero-order chi connectivity index (χ0) is 17.5. The third-order valence-electron chi connectivity index (χ3n) is 3.43. The number of rotatable bonds is 14. The summed E-state index contributed by atoms with van der Waals surface area (Å²) in [4.78, 5) is 0. The minimum atomic E-state index is 0.207. The summed E-state index contributed by atoms with van der Waals surface area (Å²) in [5, 5.41) is 1.10. The van der Waals surface area contributed by atoms with Gasteiger partial charge in [0.05, 0.1) is 13.7 Å². The highest BCUT2D eigenvalue weighted by Crippen LogP contribution is 2.28. The molecule has 136 valence electrons. The fourth-order valence-corrected chi connectivity index (χ4v) is 2.55. The van der Waals surface area contributed by atoms with Crippen molar-refractivity contribution in [1.82, 2.24) is 0 Å². The summed E-state index contributed by atoms with van der Waals surface area (Å²) in [6.07, 6.45) is 10.0. The van der Waals surface area contributed by atoms with Crippen LogP contribution in [0.2, 0.25) is 0 Å². The van der Waals surface area contributed by atoms with Crippen molar-refractivity contribution in [2.24, 2.45) is 0 Å². The summed E-state index contributed by atoms with van der Waals surface area (Å²) >= 11 is 3.44. The van der Waals surface area contributed by atoms with E-state index in [-0.39, 0.29) is 6.79 Å². The first-order valence-corrected chi connectivity index (χ1v) is 9.54. The van der Waals surface area contributed by atoms with Crippen molar-refractivity contribution < 1.29 is 18.9 Å². The standard InChI is InChI=1S/C19H29BrO4/c1-21-16-24-18-11-10-17(15-19(18)22-2)9-5-8-14-23-13-7-4-3-6-12-20/h5,9-11,15H,3-4,6-8,12-14,16H2,1-2H3. The molecule has 0 amide bonds. The molecule has 0 aromatic heterocycles. The van der Waals surface area contributed by atoms with Crippen LogP contribution in [-0.2, 0) is 9.47 Å². The normalized spacial score (nSPS) is 11.1. The van der Waals surface area contributed by atoms with E-state index in [4.69, 9.17) is 18.9 Å². The Labute approximate surface area is 154 Å². The highest BCUT2D eigenvalue weighted by Gasteiger charge is 2.04. The number of unbranched alkanes of at least 4 members (excludes halogenated alkanes) is 3. The van der Waals surface area contributed by atoms with Gasteiger partial charge in [0.25, 0.3) is 0 Å². The topological polar surface area (TPSA) is 36.9 Å². The van der Waals surface area contributed by atoms with Crippen molar-refractivity contribution in [2.45, 2.75) is 32.1 Å². The highest BCUT2D eigenvalue weighted by atomic mass is 79.9. The molecule has 0 bridgehead atoms. The quantitative estimate of drug-likeness (QED) is 0.248. The Bertz CT molecular complexity index is 463. The van der Waals surface area contributed by atoms with Crippen molar-refractivity contribution in [1.29, 1.82) is 0 Å². The molecule has 1 rings (SSSR count). The molecule has 0 unspecified atom stereocenters. The molecule has 0 aliphatic heterocycles. The number of halogens is 1. The molecule has 0 N–H and O–H groups in total. The van der Waals surface area contributed by atoms with E-state index in [0.29, 0.717) is 11.5 Å². The summed E-state index contributed by atoms with van der Waals surface area (Å²) in [5.41, 5.74) is 1.08. The number of hydrogen-bond acceptors (Lipinski definition) is 4. The van der Waals surface area contributed by atoms with E-state index in [1.54, 1.807) is 14.2 Å². The monoisotopic (exact) mass is 400 g/mol. The van der Waals surface area contributed by atoms with Crippen molar-refractivity contribution >= 4 is 22.0 Å². The lowest BCUT2D eigenvalue weighted by atomic mass is 10.2. The lowest BCUT2D eigenvalue weighted by molar-refractivity contribution is 0.0491. The van der Waals surface area contributed by atoms with Crippen LogP contribution < -0.4 is 9.47 Å². The second-order valence-electron chi connectivity index (χ2n) is 5.37. The van der Waals surface area contributed by atoms with E-state index in [2.05, 4.69) is 28.1 Å². The largest absolute Gasteiger partial charge is 0.493 e. The first kappa shape index (κ1) is 21.0. The van der Waals surface area contributed by atoms with Crippen LogP contribution in [0.4, 0.5) is 0 Å². The first-order chi connectivity index (χ1) is 11.8. The number of methoxy groups -OCH3 is 2. The van der Waals surface area contributed by atoms with Gasteiger partial charge in [0.15, 0.2) is 18.3 Å². The Morgan fingerprint density at radius 3 is 2.58 bits per heavy atom. The zero-order valence-electron chi connectivity index (χ0n) is 14.8. The molecule has 0 aliphatic rings. The molecule has 5 heteroatoms. The number of ether oxygens (including phenoxy) is 4. The fourth-order valence-electron chi connectivity index (χ4n) is 2.15. The van der Waals surface area contributed by atoms with Gasteiger partial charge in [0.1, 0.15) is 0 Å². The van der Waals surface area contributed by atoms with Crippen LogP contribution >= 0.6 is 15.9 Å². The minimum Gasteiger partial charge on any atom is -0.493 e. The maximum absolute atomic E-state index is 5.64. The van der Waals surface area contributed by atoms with Crippen LogP contribution in [0, 0.1) is 0 Å². The lowest BCUT2D eigenvalue weighted by Crippen LogP contribution is -2.00. The predicted octanol–water partition coefficient (Wildman–Crippen LogP) is 5.05. The summed E-state index contributed by atoms with van der Waals surface area (Å²) in [5.74, 6) is 1.38. The average molecular weight is 401 g/mol. The third-order valence-corrected chi connectivity index (χ3v) is 3.99. The average Bonchev–Trinajstić information content (AvgIpc) is 2.61. The molecule has 0 aliphatic carbocycles. The molecular formula is C19H29BrO4. The number of alkyl halides is 1. The van der Waals surface area contributed by atoms with Crippen molar-refractivity contribution in [2.75, 3.05) is 39.6 Å². The SMILES string of the molecule is COCOc1ccc(C=CCCOCCCCCCBr)cc1OC. The Hall–Kier alpha value is -1.04. The van der Waals surface area contributed by atoms with E-state index in [1.807, 2.05) is 18.2 Å². The molecule has 0 saturated heterocycles. The van der Waals surface area contributed by atoms with Crippen LogP contribution in [0.25, 0.3) is 6.08 Å². The van der Waals surface area contributed by atoms with Gasteiger partial charge >= 0.3 is 0 Å². The van der Waals surface area contributed by atoms with Crippen molar-refractivity contribution in [3.63, 3.8) is 0 Å². The summed E-state index contributed by atoms with van der Waals surface area (Å²) in [6.45, 7) is 1.83. The van der Waals surface area contributed by atoms with E-state index >= 15 is 0 Å². The molecule has 0 spiro atoms. The van der Waals surface area contributed by atoms with Crippen molar-refractivity contribution in [3.05, 3.63) is 29.8 Å². The van der Waals surface area contributed by atoms with E-state index in [1.165, 1.54) is 19.3 Å². The van der Waals surface area contributed by atoms with Gasteiger partial charge in [-0.2, -0.15) is 0 Å². The van der Waals surface area contributed by atoms with Gasteiger partial charge < -0.3 is 18.9 Å². The van der Waals surface area contributed by atoms with E-state index in [9.17, 15) is 0 Å². The van der Waals surface area contributed by atoms with Gasteiger partial charge in [-0.25, -0.2) is 0 Å². The van der Waals surface area contributed by atoms with Gasteiger partial charge in [-0.1, -0.05) is 47.0 Å². The molecule has 0 heterocycles. The summed E-state index contributed by atoms with van der Waals surface area (Å²) < 4.78 is 21.3. The van der Waals surface area contributed by atoms with Crippen molar-refractivity contribution in [3.8, 4) is 11.5 Å². The number of hydrogen-bond donors (Lipinski definition) is 0. The van der Waals surface area contributed by atoms with E-state index < -0.39 is 0 Å². The smallest absolute Gasteiger partial charge is 0.188 e. The van der Waals surface area contributed by atoms with E-state index in [0.717, 1.165) is 36.9 Å². The lowest BCUT2D eigenvalue weighted by Gasteiger charge is -2.10. The second-order valence-corrected chi connectivity index (χ2v) is 6.16. The van der Waals surface area contributed by atoms with Gasteiger partial charge in [-0.15, -0.1) is 0 Å². The van der Waals surface area contributed by atoms with Crippen LogP contribution in [-0.4, -0.2) is 39.6 Å². The molecule has 0 saturated carbocycles. The molecule has 0 radical (unpaired) electrons. The van der Waals surface area contributed by atoms with Crippen LogP contribution in [0.3, 0.4) is 0 Å². The third kappa shape index (κ3) is 9.30. The molecule has 1 aromatic carbocycles. The van der Waals surface area contributed by atoms with Gasteiger partial charge in [-0.05, 0) is 37.0 Å². The summed E-state index contributed by atoms with van der Waals surface area (Å²) in [7, 11) is 3.23. The zero-order valence-corrected chi connectivity index (χ0v) is 16.3. The maximum Gasteiger partial charge on any atom is 0.188 e. The molecular weight excluding hydrogens is 372 g/mol. The van der Waals surface area contributed by atoms with Crippen LogP contribution in [0.5, 0.6) is 11.5 Å². The minimum absolute atomic E-state index is 0.207. The van der Waals surface area contributed by atoms with Crippen LogP contribution in [0.15, 0.2) is 24.3 Å². The van der Waals surface area contributed by atoms with Gasteiger partial charge in [-0.3, -0.25) is 0 Å². The first-order valence-electron chi connectivity index (χ1n) is 8.41. The molecule has 0 fully saturated rings. The second kappa shape index (κ2) is 14.3. The molecule has 24 heavy (non-hydrogen) atoms. The number of benzene rings is 1. The molecule has 0 atom stereocenters. The highest BCUT2D eigenvalue weighted by molar-refractivity contribution is 9.09. The van der Waals surface area contributed by atoms with Crippen LogP contribution in [0.1, 0.15) is 37.7 Å². The Morgan fingerprint density at radius 1 is 1.00 bits per heavy atom. The Kier molecular flexibility index (Phi) is 12.5. The Balaban J connectivity index is 2.24. The summed E-state index contributed by atoms with van der Waals surface area (Å²) in [6, 6.07) is 5.84. The van der Waals surface area contributed by atoms with Gasteiger partial charge in [0.2, 0.25) is 0 Å². The fraction of sp³-hybridized carbons (Fsp3) is 0.579. The molecule has 1 aromatic rings.